The van der Waals surface area contributed by atoms with E-state index >= 15 is 0 Å². The highest BCUT2D eigenvalue weighted by Gasteiger charge is 2.19. The Hall–Kier alpha value is -2.21. The molecule has 2 aromatic rings. The molecule has 1 aromatic heterocycles. The predicted octanol–water partition coefficient (Wildman–Crippen LogP) is 1.12. The highest BCUT2D eigenvalue weighted by Crippen LogP contribution is 2.27. The summed E-state index contributed by atoms with van der Waals surface area (Å²) in [6.45, 7) is 0.675. The molecule has 1 aliphatic heterocycles. The highest BCUT2D eigenvalue weighted by molar-refractivity contribution is 5.87. The van der Waals surface area contributed by atoms with Gasteiger partial charge >= 0.3 is 0 Å². The Labute approximate surface area is 92.5 Å². The lowest BCUT2D eigenvalue weighted by atomic mass is 10.0. The van der Waals surface area contributed by atoms with Crippen LogP contribution in [0, 0.1) is 12.3 Å². The van der Waals surface area contributed by atoms with Crippen LogP contribution in [0.4, 0.5) is 5.69 Å². The fourth-order valence-electron chi connectivity index (χ4n) is 2.40. The van der Waals surface area contributed by atoms with Crippen molar-refractivity contribution in [3.8, 4) is 12.3 Å². The maximum atomic E-state index is 11.8. The molecule has 0 saturated carbocycles. The highest BCUT2D eigenvalue weighted by atomic mass is 16.1. The minimum absolute atomic E-state index is 0.111. The van der Waals surface area contributed by atoms with E-state index in [1.54, 1.807) is 10.6 Å². The van der Waals surface area contributed by atoms with E-state index in [2.05, 4.69) is 5.92 Å². The Morgan fingerprint density at radius 1 is 1.44 bits per heavy atom. The topological polar surface area (TPSA) is 48.0 Å². The number of terminal acetylenes is 1. The van der Waals surface area contributed by atoms with Crippen molar-refractivity contribution in [1.29, 1.82) is 0 Å². The van der Waals surface area contributed by atoms with E-state index in [0.717, 1.165) is 28.5 Å². The van der Waals surface area contributed by atoms with Gasteiger partial charge in [0.05, 0.1) is 11.2 Å². The van der Waals surface area contributed by atoms with Gasteiger partial charge in [-0.15, -0.1) is 6.42 Å². The van der Waals surface area contributed by atoms with Crippen molar-refractivity contribution >= 4 is 16.6 Å². The lowest BCUT2D eigenvalue weighted by molar-refractivity contribution is 0.743. The second-order valence-electron chi connectivity index (χ2n) is 3.98. The lowest BCUT2D eigenvalue weighted by Crippen LogP contribution is -2.20. The van der Waals surface area contributed by atoms with Crippen LogP contribution in [0.3, 0.4) is 0 Å². The van der Waals surface area contributed by atoms with Crippen molar-refractivity contribution in [3.05, 3.63) is 39.7 Å². The normalized spacial score (nSPS) is 12.9. The molecule has 0 amide bonds. The van der Waals surface area contributed by atoms with E-state index in [9.17, 15) is 4.79 Å². The number of aromatic nitrogens is 1. The molecule has 0 radical (unpaired) electrons. The van der Waals surface area contributed by atoms with Gasteiger partial charge in [0.25, 0.3) is 5.56 Å². The van der Waals surface area contributed by atoms with Gasteiger partial charge in [-0.1, -0.05) is 12.0 Å². The molecule has 0 unspecified atom stereocenters. The Morgan fingerprint density at radius 2 is 2.25 bits per heavy atom. The summed E-state index contributed by atoms with van der Waals surface area (Å²) in [7, 11) is 0. The molecule has 3 heteroatoms. The van der Waals surface area contributed by atoms with Gasteiger partial charge in [0.15, 0.2) is 0 Å². The molecule has 78 valence electrons. The molecule has 2 heterocycles. The fraction of sp³-hybridized carbons (Fsp3) is 0.154. The van der Waals surface area contributed by atoms with Gasteiger partial charge in [-0.05, 0) is 24.1 Å². The quantitative estimate of drug-likeness (QED) is 0.662. The maximum Gasteiger partial charge on any atom is 0.274 e. The van der Waals surface area contributed by atoms with Crippen molar-refractivity contribution in [1.82, 2.24) is 4.57 Å². The Morgan fingerprint density at radius 3 is 3.00 bits per heavy atom. The molecule has 0 atom stereocenters. The third kappa shape index (κ3) is 0.961. The number of nitrogens with zero attached hydrogens (tertiary/aromatic N) is 1. The van der Waals surface area contributed by atoms with Gasteiger partial charge in [-0.3, -0.25) is 4.79 Å². The van der Waals surface area contributed by atoms with Crippen molar-refractivity contribution in [2.24, 2.45) is 0 Å². The first kappa shape index (κ1) is 9.05. The zero-order chi connectivity index (χ0) is 11.3. The molecule has 3 nitrogen and oxygen atoms in total. The first-order valence-electron chi connectivity index (χ1n) is 5.14. The Kier molecular flexibility index (Phi) is 1.64. The molecule has 0 spiro atoms. The average molecular weight is 210 g/mol. The summed E-state index contributed by atoms with van der Waals surface area (Å²) in [6.07, 6.45) is 6.26. The molecule has 1 aromatic carbocycles. The monoisotopic (exact) mass is 210 g/mol. The summed E-state index contributed by atoms with van der Waals surface area (Å²) < 4.78 is 1.72. The average Bonchev–Trinajstić information content (AvgIpc) is 2.72. The van der Waals surface area contributed by atoms with Crippen LogP contribution in [-0.4, -0.2) is 4.57 Å². The second kappa shape index (κ2) is 2.89. The molecular weight excluding hydrogens is 200 g/mol. The predicted molar refractivity (Wildman–Crippen MR) is 64.3 cm³/mol. The van der Waals surface area contributed by atoms with E-state index in [0.29, 0.717) is 12.2 Å². The lowest BCUT2D eigenvalue weighted by Gasteiger charge is -2.06. The maximum absolute atomic E-state index is 11.8. The van der Waals surface area contributed by atoms with Crippen LogP contribution in [0.2, 0.25) is 0 Å². The summed E-state index contributed by atoms with van der Waals surface area (Å²) in [6, 6.07) is 5.56. The summed E-state index contributed by atoms with van der Waals surface area (Å²) in [5, 5.41) is 0.989. The molecule has 0 aliphatic carbocycles. The van der Waals surface area contributed by atoms with Crippen LogP contribution in [0.1, 0.15) is 11.1 Å². The van der Waals surface area contributed by atoms with Gasteiger partial charge in [0.1, 0.15) is 0 Å². The van der Waals surface area contributed by atoms with Gasteiger partial charge in [-0.25, -0.2) is 0 Å². The zero-order valence-corrected chi connectivity index (χ0v) is 8.66. The fourth-order valence-corrected chi connectivity index (χ4v) is 2.40. The van der Waals surface area contributed by atoms with Gasteiger partial charge < -0.3 is 10.3 Å². The Bertz CT molecular complexity index is 704. The smallest absolute Gasteiger partial charge is 0.274 e. The molecular formula is C13H10N2O. The Balaban J connectivity index is 2.58. The summed E-state index contributed by atoms with van der Waals surface area (Å²) in [5.74, 6) is 2.66. The summed E-state index contributed by atoms with van der Waals surface area (Å²) in [4.78, 5) is 11.8. The minimum atomic E-state index is -0.111. The third-order valence-corrected chi connectivity index (χ3v) is 3.13. The molecule has 16 heavy (non-hydrogen) atoms. The molecule has 1 aliphatic rings. The summed E-state index contributed by atoms with van der Waals surface area (Å²) >= 11 is 0. The van der Waals surface area contributed by atoms with Crippen LogP contribution in [0.15, 0.2) is 23.0 Å². The van der Waals surface area contributed by atoms with Crippen molar-refractivity contribution < 1.29 is 0 Å². The van der Waals surface area contributed by atoms with Crippen LogP contribution in [0.25, 0.3) is 10.9 Å². The number of anilines is 1. The SMILES string of the molecule is C#Cc1ccc2cc(N)c(=O)n3c2c1CC3. The van der Waals surface area contributed by atoms with Crippen molar-refractivity contribution in [3.63, 3.8) is 0 Å². The first-order chi connectivity index (χ1) is 7.72. The van der Waals surface area contributed by atoms with E-state index in [4.69, 9.17) is 12.2 Å². The number of rotatable bonds is 0. The van der Waals surface area contributed by atoms with Crippen LogP contribution >= 0.6 is 0 Å². The number of pyridine rings is 1. The third-order valence-electron chi connectivity index (χ3n) is 3.13. The van der Waals surface area contributed by atoms with E-state index < -0.39 is 0 Å². The number of hydrogen-bond acceptors (Lipinski definition) is 2. The van der Waals surface area contributed by atoms with E-state index in [-0.39, 0.29) is 5.56 Å². The number of aryl methyl sites for hydroxylation is 2. The van der Waals surface area contributed by atoms with Crippen LogP contribution in [-0.2, 0) is 13.0 Å². The van der Waals surface area contributed by atoms with Crippen molar-refractivity contribution in [2.45, 2.75) is 13.0 Å². The van der Waals surface area contributed by atoms with Crippen LogP contribution in [0.5, 0.6) is 0 Å². The van der Waals surface area contributed by atoms with Crippen molar-refractivity contribution in [2.75, 3.05) is 5.73 Å². The standard InChI is InChI=1S/C13H10N2O/c1-2-8-3-4-9-7-11(14)13(16)15-6-5-10(8)12(9)15/h1,3-4,7H,5-6,14H2. The zero-order valence-electron chi connectivity index (χ0n) is 8.66. The molecule has 0 bridgehead atoms. The number of nitrogen functional groups attached to an aromatic ring is 1. The van der Waals surface area contributed by atoms with Gasteiger partial charge in [0.2, 0.25) is 0 Å². The second-order valence-corrected chi connectivity index (χ2v) is 3.98. The van der Waals surface area contributed by atoms with E-state index in [1.165, 1.54) is 0 Å². The minimum Gasteiger partial charge on any atom is -0.394 e. The largest absolute Gasteiger partial charge is 0.394 e. The first-order valence-corrected chi connectivity index (χ1v) is 5.14. The number of hydrogen-bond donors (Lipinski definition) is 1. The molecule has 0 fully saturated rings. The van der Waals surface area contributed by atoms with E-state index in [1.807, 2.05) is 12.1 Å². The molecule has 0 saturated heterocycles. The number of benzene rings is 1. The summed E-state index contributed by atoms with van der Waals surface area (Å²) in [5.41, 5.74) is 8.80. The van der Waals surface area contributed by atoms with Crippen LogP contribution < -0.4 is 11.3 Å². The molecule has 2 N–H and O–H groups in total. The van der Waals surface area contributed by atoms with Gasteiger partial charge in [0, 0.05) is 17.5 Å². The molecule has 3 rings (SSSR count). The number of nitrogens with two attached hydrogens (primary N) is 1. The van der Waals surface area contributed by atoms with Gasteiger partial charge in [-0.2, -0.15) is 0 Å².